The molecule has 17 heavy (non-hydrogen) atoms. The zero-order valence-corrected chi connectivity index (χ0v) is 12.5. The number of rotatable bonds is 8. The first-order chi connectivity index (χ1) is 7.90. The molecule has 0 atom stereocenters. The molecule has 0 aromatic carbocycles. The Hall–Kier alpha value is -0.570. The molecule has 102 valence electrons. The molecule has 0 aromatic rings. The van der Waals surface area contributed by atoms with E-state index in [9.17, 15) is 4.79 Å². The molecule has 0 rings (SSSR count). The van der Waals surface area contributed by atoms with Crippen molar-refractivity contribution >= 4 is 5.91 Å². The van der Waals surface area contributed by atoms with Crippen molar-refractivity contribution < 1.29 is 4.79 Å². The molecule has 0 spiro atoms. The smallest absolute Gasteiger partial charge is 0.236 e. The fourth-order valence-corrected chi connectivity index (χ4v) is 1.66. The van der Waals surface area contributed by atoms with Crippen molar-refractivity contribution in [2.24, 2.45) is 0 Å². The van der Waals surface area contributed by atoms with Crippen LogP contribution in [-0.2, 0) is 4.79 Å². The summed E-state index contributed by atoms with van der Waals surface area (Å²) in [6.07, 6.45) is 3.66. The summed E-state index contributed by atoms with van der Waals surface area (Å²) in [6.45, 7) is 12.2. The normalized spacial score (nSPS) is 11.6. The second-order valence-electron chi connectivity index (χ2n) is 5.37. The van der Waals surface area contributed by atoms with Gasteiger partial charge in [-0.25, -0.2) is 0 Å². The maximum Gasteiger partial charge on any atom is 0.236 e. The second kappa shape index (κ2) is 8.51. The van der Waals surface area contributed by atoms with E-state index in [4.69, 9.17) is 0 Å². The highest BCUT2D eigenvalue weighted by Gasteiger charge is 2.17. The number of hydrogen-bond acceptors (Lipinski definition) is 2. The SMILES string of the molecule is CCCCCN(CC(=O)N(C)C(C)C)C(C)C. The monoisotopic (exact) mass is 242 g/mol. The molecule has 0 bridgehead atoms. The van der Waals surface area contributed by atoms with E-state index in [1.807, 2.05) is 11.9 Å². The van der Waals surface area contributed by atoms with Crippen molar-refractivity contribution in [1.82, 2.24) is 9.80 Å². The van der Waals surface area contributed by atoms with E-state index in [2.05, 4.69) is 39.5 Å². The van der Waals surface area contributed by atoms with Crippen LogP contribution < -0.4 is 0 Å². The summed E-state index contributed by atoms with van der Waals surface area (Å²) in [6, 6.07) is 0.725. The first kappa shape index (κ1) is 16.4. The molecule has 3 heteroatoms. The van der Waals surface area contributed by atoms with Crippen LogP contribution in [0.25, 0.3) is 0 Å². The van der Waals surface area contributed by atoms with Gasteiger partial charge in [-0.1, -0.05) is 19.8 Å². The Morgan fingerprint density at radius 1 is 1.06 bits per heavy atom. The summed E-state index contributed by atoms with van der Waals surface area (Å²) in [5.74, 6) is 0.227. The van der Waals surface area contributed by atoms with Crippen LogP contribution in [0.15, 0.2) is 0 Å². The van der Waals surface area contributed by atoms with Crippen LogP contribution in [0.2, 0.25) is 0 Å². The minimum Gasteiger partial charge on any atom is -0.342 e. The van der Waals surface area contributed by atoms with E-state index in [1.54, 1.807) is 0 Å². The van der Waals surface area contributed by atoms with Gasteiger partial charge in [0.2, 0.25) is 5.91 Å². The first-order valence-electron chi connectivity index (χ1n) is 6.89. The molecule has 0 radical (unpaired) electrons. The number of nitrogens with zero attached hydrogens (tertiary/aromatic N) is 2. The van der Waals surface area contributed by atoms with Crippen molar-refractivity contribution in [1.29, 1.82) is 0 Å². The lowest BCUT2D eigenvalue weighted by Crippen LogP contribution is -2.44. The third-order valence-electron chi connectivity index (χ3n) is 3.29. The van der Waals surface area contributed by atoms with Crippen LogP contribution >= 0.6 is 0 Å². The molecule has 0 saturated carbocycles. The average molecular weight is 242 g/mol. The highest BCUT2D eigenvalue weighted by atomic mass is 16.2. The van der Waals surface area contributed by atoms with E-state index in [0.717, 1.165) is 6.54 Å². The first-order valence-corrected chi connectivity index (χ1v) is 6.89. The molecule has 0 unspecified atom stereocenters. The molecule has 0 heterocycles. The Bertz CT molecular complexity index is 214. The molecule has 0 fully saturated rings. The average Bonchev–Trinajstić information content (AvgIpc) is 2.26. The predicted molar refractivity (Wildman–Crippen MR) is 74.1 cm³/mol. The number of carbonyl (C=O) groups is 1. The molecular formula is C14H30N2O. The topological polar surface area (TPSA) is 23.6 Å². The lowest BCUT2D eigenvalue weighted by atomic mass is 10.2. The molecule has 0 aliphatic carbocycles. The summed E-state index contributed by atoms with van der Waals surface area (Å²) < 4.78 is 0. The minimum atomic E-state index is 0.227. The second-order valence-corrected chi connectivity index (χ2v) is 5.37. The van der Waals surface area contributed by atoms with Crippen molar-refractivity contribution in [2.45, 2.75) is 66.0 Å². The number of unbranched alkanes of at least 4 members (excludes halogenated alkanes) is 2. The number of hydrogen-bond donors (Lipinski definition) is 0. The van der Waals surface area contributed by atoms with Crippen LogP contribution in [-0.4, -0.2) is 47.9 Å². The molecule has 0 aromatic heterocycles. The fourth-order valence-electron chi connectivity index (χ4n) is 1.66. The van der Waals surface area contributed by atoms with E-state index >= 15 is 0 Å². The van der Waals surface area contributed by atoms with Crippen molar-refractivity contribution in [3.05, 3.63) is 0 Å². The molecule has 0 aliphatic heterocycles. The highest BCUT2D eigenvalue weighted by Crippen LogP contribution is 2.05. The van der Waals surface area contributed by atoms with Crippen molar-refractivity contribution in [2.75, 3.05) is 20.1 Å². The lowest BCUT2D eigenvalue weighted by Gasteiger charge is -2.29. The van der Waals surface area contributed by atoms with Gasteiger partial charge in [0.1, 0.15) is 0 Å². The van der Waals surface area contributed by atoms with Gasteiger partial charge in [-0.3, -0.25) is 9.69 Å². The third-order valence-corrected chi connectivity index (χ3v) is 3.29. The van der Waals surface area contributed by atoms with Gasteiger partial charge in [0.25, 0.3) is 0 Å². The van der Waals surface area contributed by atoms with Crippen LogP contribution in [0.4, 0.5) is 0 Å². The molecule has 3 nitrogen and oxygen atoms in total. The Morgan fingerprint density at radius 2 is 1.65 bits per heavy atom. The third kappa shape index (κ3) is 6.67. The summed E-state index contributed by atoms with van der Waals surface area (Å²) >= 11 is 0. The van der Waals surface area contributed by atoms with E-state index in [1.165, 1.54) is 19.3 Å². The van der Waals surface area contributed by atoms with Gasteiger partial charge < -0.3 is 4.90 Å². The van der Waals surface area contributed by atoms with E-state index in [-0.39, 0.29) is 11.9 Å². The Morgan fingerprint density at radius 3 is 2.06 bits per heavy atom. The zero-order chi connectivity index (χ0) is 13.4. The Labute approximate surface area is 107 Å². The summed E-state index contributed by atoms with van der Waals surface area (Å²) in [5, 5.41) is 0. The number of carbonyl (C=O) groups excluding carboxylic acids is 1. The summed E-state index contributed by atoms with van der Waals surface area (Å²) in [4.78, 5) is 16.1. The Kier molecular flexibility index (Phi) is 8.23. The van der Waals surface area contributed by atoms with Gasteiger partial charge in [-0.2, -0.15) is 0 Å². The highest BCUT2D eigenvalue weighted by molar-refractivity contribution is 5.78. The van der Waals surface area contributed by atoms with Crippen LogP contribution in [0, 0.1) is 0 Å². The predicted octanol–water partition coefficient (Wildman–Crippen LogP) is 2.75. The maximum absolute atomic E-state index is 12.0. The van der Waals surface area contributed by atoms with Gasteiger partial charge in [-0.05, 0) is 40.7 Å². The van der Waals surface area contributed by atoms with Gasteiger partial charge in [0.15, 0.2) is 0 Å². The summed E-state index contributed by atoms with van der Waals surface area (Å²) in [5.41, 5.74) is 0. The molecule has 0 saturated heterocycles. The van der Waals surface area contributed by atoms with Crippen LogP contribution in [0.5, 0.6) is 0 Å². The molecule has 0 aliphatic rings. The largest absolute Gasteiger partial charge is 0.342 e. The molecular weight excluding hydrogens is 212 g/mol. The molecule has 1 amide bonds. The zero-order valence-electron chi connectivity index (χ0n) is 12.5. The van der Waals surface area contributed by atoms with Gasteiger partial charge >= 0.3 is 0 Å². The van der Waals surface area contributed by atoms with Crippen molar-refractivity contribution in [3.63, 3.8) is 0 Å². The lowest BCUT2D eigenvalue weighted by molar-refractivity contribution is -0.133. The van der Waals surface area contributed by atoms with Crippen LogP contribution in [0.1, 0.15) is 53.9 Å². The number of amides is 1. The molecule has 0 N–H and O–H groups in total. The van der Waals surface area contributed by atoms with E-state index < -0.39 is 0 Å². The standard InChI is InChI=1S/C14H30N2O/c1-7-8-9-10-16(13(4)5)11-14(17)15(6)12(2)3/h12-13H,7-11H2,1-6H3. The van der Waals surface area contributed by atoms with E-state index in [0.29, 0.717) is 12.6 Å². The van der Waals surface area contributed by atoms with Crippen LogP contribution in [0.3, 0.4) is 0 Å². The summed E-state index contributed by atoms with van der Waals surface area (Å²) in [7, 11) is 1.89. The fraction of sp³-hybridized carbons (Fsp3) is 0.929. The number of likely N-dealkylation sites (N-methyl/N-ethyl adjacent to an activating group) is 1. The van der Waals surface area contributed by atoms with Gasteiger partial charge in [0.05, 0.1) is 6.54 Å². The quantitative estimate of drug-likeness (QED) is 0.611. The van der Waals surface area contributed by atoms with Gasteiger partial charge in [0, 0.05) is 19.1 Å². The maximum atomic E-state index is 12.0. The van der Waals surface area contributed by atoms with Crippen molar-refractivity contribution in [3.8, 4) is 0 Å². The minimum absolute atomic E-state index is 0.227. The van der Waals surface area contributed by atoms with Gasteiger partial charge in [-0.15, -0.1) is 0 Å². The Balaban J connectivity index is 4.20.